The van der Waals surface area contributed by atoms with Crippen LogP contribution in [0.4, 0.5) is 19.0 Å². The van der Waals surface area contributed by atoms with Crippen molar-refractivity contribution in [2.75, 3.05) is 18.0 Å². The number of anilines is 1. The number of carbonyl (C=O) groups excluding carboxylic acids is 1. The van der Waals surface area contributed by atoms with Crippen molar-refractivity contribution in [3.05, 3.63) is 59.3 Å². The minimum absolute atomic E-state index is 0.196. The second-order valence-electron chi connectivity index (χ2n) is 5.97. The summed E-state index contributed by atoms with van der Waals surface area (Å²) < 4.78 is 37.6. The van der Waals surface area contributed by atoms with E-state index >= 15 is 0 Å². The van der Waals surface area contributed by atoms with Gasteiger partial charge in [0.25, 0.3) is 5.91 Å². The molecule has 0 aliphatic carbocycles. The summed E-state index contributed by atoms with van der Waals surface area (Å²) in [6.07, 6.45) is -0.404. The zero-order valence-corrected chi connectivity index (χ0v) is 13.5. The van der Waals surface area contributed by atoms with E-state index in [1.165, 1.54) is 12.1 Å². The van der Waals surface area contributed by atoms with Crippen molar-refractivity contribution in [3.8, 4) is 0 Å². The van der Waals surface area contributed by atoms with Gasteiger partial charge in [-0.15, -0.1) is 0 Å². The van der Waals surface area contributed by atoms with E-state index in [0.717, 1.165) is 49.4 Å². The van der Waals surface area contributed by atoms with Crippen LogP contribution in [-0.4, -0.2) is 24.0 Å². The summed E-state index contributed by atoms with van der Waals surface area (Å²) in [5.74, 6) is 0.479. The number of nitrogens with one attached hydrogen (secondary N) is 1. The Hall–Kier alpha value is -2.57. The molecule has 3 rings (SSSR count). The fraction of sp³-hybridized carbons (Fsp3) is 0.333. The molecule has 0 bridgehead atoms. The van der Waals surface area contributed by atoms with Crippen LogP contribution in [-0.2, 0) is 12.7 Å². The van der Waals surface area contributed by atoms with Gasteiger partial charge >= 0.3 is 6.18 Å². The number of pyridine rings is 1. The Morgan fingerprint density at radius 2 is 1.80 bits per heavy atom. The van der Waals surface area contributed by atoms with Crippen LogP contribution in [0.2, 0.25) is 0 Å². The Kier molecular flexibility index (Phi) is 4.92. The fourth-order valence-electron chi connectivity index (χ4n) is 2.78. The van der Waals surface area contributed by atoms with E-state index in [0.29, 0.717) is 6.54 Å². The smallest absolute Gasteiger partial charge is 0.357 e. The second-order valence-corrected chi connectivity index (χ2v) is 5.97. The van der Waals surface area contributed by atoms with Crippen LogP contribution >= 0.6 is 0 Å². The number of nitrogens with zero attached hydrogens (tertiary/aromatic N) is 2. The van der Waals surface area contributed by atoms with Gasteiger partial charge in [-0.2, -0.15) is 13.2 Å². The summed E-state index contributed by atoms with van der Waals surface area (Å²) in [5.41, 5.74) is 0.326. The minimum Gasteiger partial charge on any atom is -0.357 e. The van der Waals surface area contributed by atoms with Gasteiger partial charge in [-0.3, -0.25) is 4.79 Å². The molecule has 1 saturated heterocycles. The largest absolute Gasteiger partial charge is 0.416 e. The second kappa shape index (κ2) is 7.13. The van der Waals surface area contributed by atoms with Gasteiger partial charge in [-0.05, 0) is 54.8 Å². The Balaban J connectivity index is 1.61. The van der Waals surface area contributed by atoms with Gasteiger partial charge < -0.3 is 10.2 Å². The van der Waals surface area contributed by atoms with Crippen molar-refractivity contribution in [1.82, 2.24) is 10.3 Å². The number of hydrogen-bond donors (Lipinski definition) is 1. The van der Waals surface area contributed by atoms with Crippen molar-refractivity contribution in [3.63, 3.8) is 0 Å². The lowest BCUT2D eigenvalue weighted by Crippen LogP contribution is -2.23. The topological polar surface area (TPSA) is 45.2 Å². The van der Waals surface area contributed by atoms with E-state index in [2.05, 4.69) is 15.2 Å². The normalized spacial score (nSPS) is 14.6. The lowest BCUT2D eigenvalue weighted by atomic mass is 10.1. The number of hydrogen-bond acceptors (Lipinski definition) is 3. The van der Waals surface area contributed by atoms with Crippen molar-refractivity contribution in [2.45, 2.75) is 25.6 Å². The number of alkyl halides is 3. The Morgan fingerprint density at radius 3 is 2.44 bits per heavy atom. The van der Waals surface area contributed by atoms with Gasteiger partial charge in [0.05, 0.1) is 5.56 Å². The maximum Gasteiger partial charge on any atom is 0.416 e. The maximum atomic E-state index is 12.5. The van der Waals surface area contributed by atoms with Crippen LogP contribution in [0.25, 0.3) is 0 Å². The SMILES string of the molecule is O=C(NCc1ccnc(N2CCCC2)c1)c1ccc(C(F)(F)F)cc1. The van der Waals surface area contributed by atoms with Crippen LogP contribution in [0.3, 0.4) is 0 Å². The van der Waals surface area contributed by atoms with Gasteiger partial charge in [0.15, 0.2) is 0 Å². The average molecular weight is 349 g/mol. The molecule has 0 saturated carbocycles. The molecule has 2 heterocycles. The first-order valence-electron chi connectivity index (χ1n) is 8.09. The molecule has 1 N–H and O–H groups in total. The predicted molar refractivity (Wildman–Crippen MR) is 88.3 cm³/mol. The molecule has 1 aliphatic heterocycles. The molecule has 1 fully saturated rings. The molecule has 0 spiro atoms. The standard InChI is InChI=1S/C18H18F3N3O/c19-18(20,21)15-5-3-14(4-6-15)17(25)23-12-13-7-8-22-16(11-13)24-9-1-2-10-24/h3-8,11H,1-2,9-10,12H2,(H,23,25). The summed E-state index contributed by atoms with van der Waals surface area (Å²) >= 11 is 0. The molecule has 1 aromatic heterocycles. The Morgan fingerprint density at radius 1 is 1.12 bits per heavy atom. The van der Waals surface area contributed by atoms with E-state index in [1.54, 1.807) is 6.20 Å². The van der Waals surface area contributed by atoms with Crippen molar-refractivity contribution >= 4 is 11.7 Å². The number of aromatic nitrogens is 1. The first-order chi connectivity index (χ1) is 11.9. The number of amides is 1. The highest BCUT2D eigenvalue weighted by molar-refractivity contribution is 5.94. The number of halogens is 3. The first kappa shape index (κ1) is 17.3. The summed E-state index contributed by atoms with van der Waals surface area (Å²) in [6, 6.07) is 7.92. The van der Waals surface area contributed by atoms with Crippen LogP contribution in [0, 0.1) is 0 Å². The van der Waals surface area contributed by atoms with E-state index in [1.807, 2.05) is 12.1 Å². The number of carbonyl (C=O) groups is 1. The van der Waals surface area contributed by atoms with E-state index < -0.39 is 17.6 Å². The average Bonchev–Trinajstić information content (AvgIpc) is 3.14. The van der Waals surface area contributed by atoms with Gasteiger partial charge in [0, 0.05) is 31.4 Å². The van der Waals surface area contributed by atoms with Gasteiger partial charge in [0.1, 0.15) is 5.82 Å². The highest BCUT2D eigenvalue weighted by atomic mass is 19.4. The molecule has 132 valence electrons. The summed E-state index contributed by atoms with van der Waals surface area (Å²) in [6.45, 7) is 2.26. The molecule has 4 nitrogen and oxygen atoms in total. The quantitative estimate of drug-likeness (QED) is 0.917. The summed E-state index contributed by atoms with van der Waals surface area (Å²) in [7, 11) is 0. The van der Waals surface area contributed by atoms with Crippen molar-refractivity contribution in [2.24, 2.45) is 0 Å². The highest BCUT2D eigenvalue weighted by Gasteiger charge is 2.30. The molecule has 1 amide bonds. The Labute approximate surface area is 143 Å². The van der Waals surface area contributed by atoms with Crippen LogP contribution in [0.15, 0.2) is 42.6 Å². The molecule has 0 radical (unpaired) electrons. The lowest BCUT2D eigenvalue weighted by molar-refractivity contribution is -0.137. The van der Waals surface area contributed by atoms with Gasteiger partial charge in [0.2, 0.25) is 0 Å². The Bertz CT molecular complexity index is 738. The molecule has 7 heteroatoms. The third-order valence-electron chi connectivity index (χ3n) is 4.17. The number of rotatable bonds is 4. The molecule has 1 aromatic carbocycles. The monoisotopic (exact) mass is 349 g/mol. The molecular formula is C18H18F3N3O. The molecule has 25 heavy (non-hydrogen) atoms. The molecular weight excluding hydrogens is 331 g/mol. The first-order valence-corrected chi connectivity index (χ1v) is 8.09. The maximum absolute atomic E-state index is 12.5. The van der Waals surface area contributed by atoms with Gasteiger partial charge in [-0.25, -0.2) is 4.98 Å². The zero-order valence-electron chi connectivity index (χ0n) is 13.5. The van der Waals surface area contributed by atoms with E-state index in [-0.39, 0.29) is 5.56 Å². The summed E-state index contributed by atoms with van der Waals surface area (Å²) in [5, 5.41) is 2.72. The van der Waals surface area contributed by atoms with Crippen molar-refractivity contribution < 1.29 is 18.0 Å². The molecule has 0 atom stereocenters. The lowest BCUT2D eigenvalue weighted by Gasteiger charge is -2.17. The van der Waals surface area contributed by atoms with Crippen LogP contribution in [0.1, 0.15) is 34.3 Å². The van der Waals surface area contributed by atoms with Gasteiger partial charge in [-0.1, -0.05) is 0 Å². The highest BCUT2D eigenvalue weighted by Crippen LogP contribution is 2.29. The van der Waals surface area contributed by atoms with E-state index in [4.69, 9.17) is 0 Å². The van der Waals surface area contributed by atoms with Crippen LogP contribution in [0.5, 0.6) is 0 Å². The zero-order chi connectivity index (χ0) is 17.9. The van der Waals surface area contributed by atoms with Crippen molar-refractivity contribution in [1.29, 1.82) is 0 Å². The third-order valence-corrected chi connectivity index (χ3v) is 4.17. The molecule has 2 aromatic rings. The predicted octanol–water partition coefficient (Wildman–Crippen LogP) is 3.63. The van der Waals surface area contributed by atoms with Crippen LogP contribution < -0.4 is 10.2 Å². The molecule has 1 aliphatic rings. The third kappa shape index (κ3) is 4.29. The number of benzene rings is 1. The molecule has 0 unspecified atom stereocenters. The summed E-state index contributed by atoms with van der Waals surface area (Å²) in [4.78, 5) is 18.6. The minimum atomic E-state index is -4.40. The fourth-order valence-corrected chi connectivity index (χ4v) is 2.78. The van der Waals surface area contributed by atoms with E-state index in [9.17, 15) is 18.0 Å².